The van der Waals surface area contributed by atoms with E-state index in [1.54, 1.807) is 24.8 Å². The van der Waals surface area contributed by atoms with Crippen LogP contribution in [0, 0.1) is 0 Å². The second-order valence-corrected chi connectivity index (χ2v) is 10.7. The molecule has 0 radical (unpaired) electrons. The average Bonchev–Trinajstić information content (AvgIpc) is 3.57. The number of hydrogen-bond acceptors (Lipinski definition) is 12. The average molecular weight is 565 g/mol. The minimum absolute atomic E-state index is 0.245. The Hall–Kier alpha value is -5.26. The molecule has 212 valence electrons. The summed E-state index contributed by atoms with van der Waals surface area (Å²) in [7, 11) is 0. The van der Waals surface area contributed by atoms with Crippen LogP contribution in [0.2, 0.25) is 0 Å². The molecule has 0 saturated carbocycles. The van der Waals surface area contributed by atoms with Crippen molar-refractivity contribution in [3.05, 3.63) is 85.0 Å². The van der Waals surface area contributed by atoms with E-state index in [-0.39, 0.29) is 23.1 Å². The van der Waals surface area contributed by atoms with Crippen molar-refractivity contribution < 1.29 is 18.9 Å². The molecule has 2 spiro atoms. The van der Waals surface area contributed by atoms with Crippen molar-refractivity contribution in [1.29, 1.82) is 0 Å². The number of fused-ring (bicyclic) bond motifs is 2. The minimum Gasteiger partial charge on any atom is -0.490 e. The molecule has 8 rings (SSSR count). The van der Waals surface area contributed by atoms with Gasteiger partial charge < -0.3 is 30.4 Å². The van der Waals surface area contributed by atoms with Gasteiger partial charge in [0.2, 0.25) is 0 Å². The van der Waals surface area contributed by atoms with Gasteiger partial charge in [-0.05, 0) is 11.1 Å². The maximum Gasteiger partial charge on any atom is 0.282 e. The first-order valence-electron chi connectivity index (χ1n) is 13.5. The molecule has 4 N–H and O–H groups in total. The van der Waals surface area contributed by atoms with Crippen molar-refractivity contribution >= 4 is 12.0 Å². The lowest BCUT2D eigenvalue weighted by Crippen LogP contribution is -2.41. The first-order chi connectivity index (χ1) is 20.5. The third-order valence-electron chi connectivity index (χ3n) is 7.62. The third kappa shape index (κ3) is 4.80. The Kier molecular flexibility index (Phi) is 6.30. The van der Waals surface area contributed by atoms with Crippen molar-refractivity contribution in [1.82, 2.24) is 19.9 Å². The van der Waals surface area contributed by atoms with E-state index in [4.69, 9.17) is 30.4 Å². The highest BCUT2D eigenvalue weighted by atomic mass is 16.5. The number of hydrogen-bond donors (Lipinski definition) is 2. The third-order valence-corrected chi connectivity index (χ3v) is 7.62. The summed E-state index contributed by atoms with van der Waals surface area (Å²) >= 11 is 0. The summed E-state index contributed by atoms with van der Waals surface area (Å²) < 4.78 is 22.6. The summed E-state index contributed by atoms with van der Waals surface area (Å²) in [4.78, 5) is 25.1. The molecule has 42 heavy (non-hydrogen) atoms. The molecule has 6 heterocycles. The second kappa shape index (κ2) is 10.3. The standard InChI is InChI=1S/2C15H14N4O2/c2*16-14-19-15(8-21-14)4-10-2-1-3-12(13(10)20-7-15)11-5-17-9-18-6-11/h2*1-3,5-6,9H,4,7-8H2,(H2,16,19)/t2*15-/m10/s1. The van der Waals surface area contributed by atoms with E-state index in [9.17, 15) is 0 Å². The Labute approximate surface area is 241 Å². The summed E-state index contributed by atoms with van der Waals surface area (Å²) in [6.07, 6.45) is 11.7. The topological polar surface area (TPSA) is 165 Å². The van der Waals surface area contributed by atoms with Crippen LogP contribution >= 0.6 is 0 Å². The van der Waals surface area contributed by atoms with Gasteiger partial charge in [-0.2, -0.15) is 0 Å². The first kappa shape index (κ1) is 25.7. The molecule has 0 saturated heterocycles. The molecular weight excluding hydrogens is 536 g/mol. The van der Waals surface area contributed by atoms with Crippen molar-refractivity contribution in [3.63, 3.8) is 0 Å². The molecule has 0 amide bonds. The van der Waals surface area contributed by atoms with Crippen LogP contribution < -0.4 is 20.9 Å². The van der Waals surface area contributed by atoms with E-state index < -0.39 is 0 Å². The fraction of sp³-hybridized carbons (Fsp3) is 0.267. The van der Waals surface area contributed by atoms with Gasteiger partial charge in [0, 0.05) is 59.9 Å². The zero-order valence-corrected chi connectivity index (χ0v) is 22.6. The number of amidine groups is 2. The zero-order chi connectivity index (χ0) is 28.6. The smallest absolute Gasteiger partial charge is 0.282 e. The quantitative estimate of drug-likeness (QED) is 0.369. The Bertz CT molecular complexity index is 1560. The Balaban J connectivity index is 0.000000137. The number of aliphatic imine (C=N–C) groups is 2. The van der Waals surface area contributed by atoms with Gasteiger partial charge in [-0.1, -0.05) is 36.4 Å². The number of aromatic nitrogens is 4. The lowest BCUT2D eigenvalue weighted by Gasteiger charge is -2.31. The number of para-hydroxylation sites is 2. The fourth-order valence-corrected chi connectivity index (χ4v) is 5.69. The molecule has 12 heteroatoms. The Morgan fingerprint density at radius 3 is 1.33 bits per heavy atom. The Morgan fingerprint density at radius 2 is 0.952 bits per heavy atom. The SMILES string of the molecule is NC1=N[C@@]2(CO1)COc1c(cccc1-c1cncnc1)C2.NC1=N[C@]2(CO1)COc1c(cccc1-c1cncnc1)C2. The molecule has 0 aliphatic carbocycles. The number of nitrogens with zero attached hydrogens (tertiary/aromatic N) is 6. The molecule has 2 atom stereocenters. The van der Waals surface area contributed by atoms with Crippen LogP contribution in [-0.2, 0) is 22.3 Å². The number of ether oxygens (including phenoxy) is 4. The largest absolute Gasteiger partial charge is 0.490 e. The van der Waals surface area contributed by atoms with Crippen LogP contribution in [0.4, 0.5) is 0 Å². The molecule has 2 aromatic heterocycles. The fourth-order valence-electron chi connectivity index (χ4n) is 5.69. The van der Waals surface area contributed by atoms with Gasteiger partial charge >= 0.3 is 0 Å². The predicted molar refractivity (Wildman–Crippen MR) is 154 cm³/mol. The predicted octanol–water partition coefficient (Wildman–Crippen LogP) is 2.32. The molecule has 0 fully saturated rings. The summed E-state index contributed by atoms with van der Waals surface area (Å²) in [6, 6.07) is 12.6. The van der Waals surface area contributed by atoms with E-state index in [0.717, 1.165) is 57.7 Å². The van der Waals surface area contributed by atoms with Gasteiger partial charge in [0.1, 0.15) is 61.7 Å². The number of rotatable bonds is 2. The van der Waals surface area contributed by atoms with Crippen LogP contribution in [0.15, 0.2) is 83.8 Å². The van der Waals surface area contributed by atoms with Crippen molar-refractivity contribution in [2.24, 2.45) is 21.5 Å². The van der Waals surface area contributed by atoms with Crippen LogP contribution in [0.5, 0.6) is 11.5 Å². The summed E-state index contributed by atoms with van der Waals surface area (Å²) in [6.45, 7) is 1.87. The van der Waals surface area contributed by atoms with Gasteiger partial charge in [-0.25, -0.2) is 29.9 Å². The van der Waals surface area contributed by atoms with E-state index >= 15 is 0 Å². The van der Waals surface area contributed by atoms with Crippen molar-refractivity contribution in [2.75, 3.05) is 26.4 Å². The zero-order valence-electron chi connectivity index (χ0n) is 22.6. The van der Waals surface area contributed by atoms with Crippen LogP contribution in [-0.4, -0.2) is 69.5 Å². The van der Waals surface area contributed by atoms with Crippen molar-refractivity contribution in [2.45, 2.75) is 23.9 Å². The maximum atomic E-state index is 6.00. The first-order valence-corrected chi connectivity index (χ1v) is 13.5. The van der Waals surface area contributed by atoms with E-state index in [1.165, 1.54) is 12.7 Å². The second-order valence-electron chi connectivity index (χ2n) is 10.7. The highest BCUT2D eigenvalue weighted by Crippen LogP contribution is 2.41. The molecule has 4 aliphatic heterocycles. The summed E-state index contributed by atoms with van der Waals surface area (Å²) in [5.74, 6) is 1.75. The molecule has 0 bridgehead atoms. The van der Waals surface area contributed by atoms with Gasteiger partial charge in [0.05, 0.1) is 0 Å². The van der Waals surface area contributed by atoms with Crippen LogP contribution in [0.3, 0.4) is 0 Å². The van der Waals surface area contributed by atoms with Gasteiger partial charge in [-0.3, -0.25) is 0 Å². The summed E-state index contributed by atoms with van der Waals surface area (Å²) in [5.41, 5.74) is 16.6. The minimum atomic E-state index is -0.386. The van der Waals surface area contributed by atoms with Gasteiger partial charge in [0.15, 0.2) is 0 Å². The highest BCUT2D eigenvalue weighted by molar-refractivity contribution is 5.76. The lowest BCUT2D eigenvalue weighted by molar-refractivity contribution is 0.153. The van der Waals surface area contributed by atoms with Gasteiger partial charge in [-0.15, -0.1) is 0 Å². The highest BCUT2D eigenvalue weighted by Gasteiger charge is 2.42. The maximum absolute atomic E-state index is 6.00. The van der Waals surface area contributed by atoms with Crippen LogP contribution in [0.25, 0.3) is 22.3 Å². The van der Waals surface area contributed by atoms with Crippen molar-refractivity contribution in [3.8, 4) is 33.8 Å². The summed E-state index contributed by atoms with van der Waals surface area (Å²) in [5, 5.41) is 0. The molecule has 12 nitrogen and oxygen atoms in total. The molecule has 4 aromatic rings. The van der Waals surface area contributed by atoms with E-state index in [0.29, 0.717) is 26.4 Å². The van der Waals surface area contributed by atoms with E-state index in [1.807, 2.05) is 36.4 Å². The monoisotopic (exact) mass is 564 g/mol. The van der Waals surface area contributed by atoms with Gasteiger partial charge in [0.25, 0.3) is 12.0 Å². The normalized spacial score (nSPS) is 23.1. The van der Waals surface area contributed by atoms with Crippen LogP contribution in [0.1, 0.15) is 11.1 Å². The lowest BCUT2D eigenvalue weighted by atomic mass is 9.88. The molecule has 0 unspecified atom stereocenters. The Morgan fingerprint density at radius 1 is 0.548 bits per heavy atom. The van der Waals surface area contributed by atoms with E-state index in [2.05, 4.69) is 29.9 Å². The molecule has 2 aromatic carbocycles. The molecular formula is C30H28N8O4. The molecule has 4 aliphatic rings. The number of nitrogens with two attached hydrogens (primary N) is 2. The number of benzene rings is 2.